The predicted octanol–water partition coefficient (Wildman–Crippen LogP) is 2.92. The molecule has 27 heavy (non-hydrogen) atoms. The Morgan fingerprint density at radius 1 is 1.22 bits per heavy atom. The summed E-state index contributed by atoms with van der Waals surface area (Å²) in [4.78, 5) is 29.1. The largest absolute Gasteiger partial charge is 0.465 e. The number of rotatable bonds is 4. The molecular weight excluding hydrogens is 342 g/mol. The van der Waals surface area contributed by atoms with E-state index in [1.54, 1.807) is 13.2 Å². The van der Waals surface area contributed by atoms with Gasteiger partial charge in [0.1, 0.15) is 11.8 Å². The molecule has 1 aliphatic carbocycles. The summed E-state index contributed by atoms with van der Waals surface area (Å²) in [5.41, 5.74) is 9.33. The first-order chi connectivity index (χ1) is 13.0. The summed E-state index contributed by atoms with van der Waals surface area (Å²) in [6.45, 7) is 1.58. The van der Waals surface area contributed by atoms with E-state index in [1.165, 1.54) is 0 Å². The second-order valence-corrected chi connectivity index (χ2v) is 6.61. The van der Waals surface area contributed by atoms with Gasteiger partial charge in [-0.25, -0.2) is 4.98 Å². The number of nitrogens with one attached hydrogen (secondary N) is 1. The van der Waals surface area contributed by atoms with Crippen LogP contribution in [-0.2, 0) is 11.2 Å². The Morgan fingerprint density at radius 3 is 2.78 bits per heavy atom. The molecule has 0 aliphatic heterocycles. The fourth-order valence-electron chi connectivity index (χ4n) is 3.42. The Bertz CT molecular complexity index is 1070. The van der Waals surface area contributed by atoms with Crippen molar-refractivity contribution < 1.29 is 14.0 Å². The molecule has 3 N–H and O–H groups in total. The Labute approximate surface area is 156 Å². The number of fused-ring (bicyclic) bond motifs is 2. The van der Waals surface area contributed by atoms with Crippen LogP contribution in [-0.4, -0.2) is 22.8 Å². The van der Waals surface area contributed by atoms with E-state index in [-0.39, 0.29) is 5.91 Å². The number of furan rings is 1. The predicted molar refractivity (Wildman–Crippen MR) is 103 cm³/mol. The summed E-state index contributed by atoms with van der Waals surface area (Å²) < 4.78 is 5.42. The van der Waals surface area contributed by atoms with Crippen LogP contribution in [0.5, 0.6) is 0 Å². The van der Waals surface area contributed by atoms with Crippen molar-refractivity contribution in [2.24, 2.45) is 5.73 Å². The number of carbonyl (C=O) groups excluding carboxylic acids is 2. The lowest BCUT2D eigenvalue weighted by Crippen LogP contribution is -2.42. The zero-order valence-corrected chi connectivity index (χ0v) is 14.9. The Balaban J connectivity index is 1.86. The van der Waals surface area contributed by atoms with E-state index >= 15 is 0 Å². The number of benzene rings is 1. The van der Waals surface area contributed by atoms with E-state index in [0.29, 0.717) is 12.0 Å². The van der Waals surface area contributed by atoms with Crippen LogP contribution in [0.3, 0.4) is 0 Å². The average molecular weight is 361 g/mol. The highest BCUT2D eigenvalue weighted by atomic mass is 16.3. The maximum atomic E-state index is 13.0. The number of pyridine rings is 1. The molecule has 2 amide bonds. The summed E-state index contributed by atoms with van der Waals surface area (Å²) in [6, 6.07) is 10.5. The highest BCUT2D eigenvalue weighted by Gasteiger charge is 2.28. The van der Waals surface area contributed by atoms with Crippen molar-refractivity contribution in [1.82, 2.24) is 10.3 Å². The zero-order chi connectivity index (χ0) is 19.0. The summed E-state index contributed by atoms with van der Waals surface area (Å²) in [6.07, 6.45) is 5.06. The van der Waals surface area contributed by atoms with Crippen LogP contribution in [0.4, 0.5) is 0 Å². The molecule has 2 aromatic heterocycles. The van der Waals surface area contributed by atoms with Gasteiger partial charge in [-0.3, -0.25) is 9.59 Å². The molecule has 0 saturated heterocycles. The Morgan fingerprint density at radius 2 is 2.04 bits per heavy atom. The number of allylic oxidation sites excluding steroid dienone is 1. The molecule has 3 aromatic rings. The topological polar surface area (TPSA) is 98.2 Å². The fraction of sp³-hybridized carbons (Fsp3) is 0.190. The zero-order valence-electron chi connectivity index (χ0n) is 14.9. The van der Waals surface area contributed by atoms with Gasteiger partial charge < -0.3 is 15.5 Å². The summed E-state index contributed by atoms with van der Waals surface area (Å²) in [7, 11) is 0. The molecule has 6 nitrogen and oxygen atoms in total. The van der Waals surface area contributed by atoms with Crippen molar-refractivity contribution in [3.05, 3.63) is 65.2 Å². The van der Waals surface area contributed by atoms with Crippen LogP contribution in [0.2, 0.25) is 0 Å². The van der Waals surface area contributed by atoms with Gasteiger partial charge in [-0.05, 0) is 55.2 Å². The van der Waals surface area contributed by atoms with Gasteiger partial charge in [0, 0.05) is 5.39 Å². The number of aromatic nitrogens is 1. The number of nitrogens with zero attached hydrogens (tertiary/aromatic N) is 1. The minimum atomic E-state index is -0.750. The number of nitrogens with two attached hydrogens (primary N) is 1. The first-order valence-corrected chi connectivity index (χ1v) is 8.81. The molecule has 2 heterocycles. The van der Waals surface area contributed by atoms with E-state index in [0.717, 1.165) is 39.9 Å². The van der Waals surface area contributed by atoms with Crippen LogP contribution >= 0.6 is 0 Å². The number of hydrogen-bond donors (Lipinski definition) is 2. The summed E-state index contributed by atoms with van der Waals surface area (Å²) >= 11 is 0. The monoisotopic (exact) mass is 361 g/mol. The number of para-hydroxylation sites is 1. The van der Waals surface area contributed by atoms with Crippen molar-refractivity contribution in [2.45, 2.75) is 25.8 Å². The van der Waals surface area contributed by atoms with Crippen molar-refractivity contribution >= 4 is 34.4 Å². The van der Waals surface area contributed by atoms with E-state index < -0.39 is 11.9 Å². The van der Waals surface area contributed by atoms with E-state index in [2.05, 4.69) is 5.32 Å². The fourth-order valence-corrected chi connectivity index (χ4v) is 3.42. The van der Waals surface area contributed by atoms with Gasteiger partial charge in [-0.15, -0.1) is 0 Å². The molecule has 0 fully saturated rings. The summed E-state index contributed by atoms with van der Waals surface area (Å²) in [5, 5.41) is 3.47. The van der Waals surface area contributed by atoms with Gasteiger partial charge in [-0.1, -0.05) is 18.2 Å². The van der Waals surface area contributed by atoms with Gasteiger partial charge in [-0.2, -0.15) is 0 Å². The second kappa shape index (κ2) is 6.72. The van der Waals surface area contributed by atoms with Crippen LogP contribution in [0.1, 0.15) is 40.7 Å². The maximum absolute atomic E-state index is 13.0. The van der Waals surface area contributed by atoms with E-state index in [1.807, 2.05) is 42.5 Å². The average Bonchev–Trinajstić information content (AvgIpc) is 3.30. The minimum absolute atomic E-state index is 0.310. The molecule has 4 rings (SSSR count). The Hall–Kier alpha value is -3.41. The normalized spacial score (nSPS) is 15.7. The lowest BCUT2D eigenvalue weighted by Gasteiger charge is -2.15. The lowest BCUT2D eigenvalue weighted by molar-refractivity contribution is -0.119. The minimum Gasteiger partial charge on any atom is -0.465 e. The number of carbonyl (C=O) groups is 2. The highest BCUT2D eigenvalue weighted by Crippen LogP contribution is 2.37. The van der Waals surface area contributed by atoms with E-state index in [4.69, 9.17) is 15.1 Å². The van der Waals surface area contributed by atoms with Crippen LogP contribution in [0.25, 0.3) is 22.6 Å². The van der Waals surface area contributed by atoms with Gasteiger partial charge in [0.15, 0.2) is 0 Å². The molecule has 0 bridgehead atoms. The molecule has 1 aromatic carbocycles. The van der Waals surface area contributed by atoms with Gasteiger partial charge >= 0.3 is 0 Å². The third-order valence-electron chi connectivity index (χ3n) is 4.80. The SMILES string of the molecule is CC(NC(=O)c1c2c(nc3ccccc13)/C(=C\c1ccco1)CC2)C(N)=O. The van der Waals surface area contributed by atoms with Crippen molar-refractivity contribution in [1.29, 1.82) is 0 Å². The number of amides is 2. The molecular formula is C21H19N3O3. The molecule has 1 unspecified atom stereocenters. The Kier molecular flexibility index (Phi) is 4.24. The third-order valence-corrected chi connectivity index (χ3v) is 4.80. The van der Waals surface area contributed by atoms with Crippen molar-refractivity contribution in [3.8, 4) is 0 Å². The molecule has 1 atom stereocenters. The second-order valence-electron chi connectivity index (χ2n) is 6.61. The first kappa shape index (κ1) is 17.0. The van der Waals surface area contributed by atoms with Gasteiger partial charge in [0.05, 0.1) is 23.0 Å². The van der Waals surface area contributed by atoms with Crippen molar-refractivity contribution in [3.63, 3.8) is 0 Å². The van der Waals surface area contributed by atoms with Crippen molar-refractivity contribution in [2.75, 3.05) is 0 Å². The molecule has 0 spiro atoms. The van der Waals surface area contributed by atoms with Crippen LogP contribution in [0, 0.1) is 0 Å². The van der Waals surface area contributed by atoms with E-state index in [9.17, 15) is 9.59 Å². The standard InChI is InChI=1S/C21H19N3O3/c1-12(20(22)25)23-21(26)18-15-6-2-3-7-17(15)24-19-13(8-9-16(18)19)11-14-5-4-10-27-14/h2-7,10-12H,8-9H2,1H3,(H2,22,25)(H,23,26)/b13-11-. The van der Waals surface area contributed by atoms with Crippen LogP contribution in [0.15, 0.2) is 47.1 Å². The molecule has 0 radical (unpaired) electrons. The van der Waals surface area contributed by atoms with Crippen LogP contribution < -0.4 is 11.1 Å². The maximum Gasteiger partial charge on any atom is 0.252 e. The molecule has 136 valence electrons. The summed E-state index contributed by atoms with van der Waals surface area (Å²) in [5.74, 6) is -0.131. The van der Waals surface area contributed by atoms with Gasteiger partial charge in [0.25, 0.3) is 5.91 Å². The number of primary amides is 1. The molecule has 0 saturated carbocycles. The molecule has 1 aliphatic rings. The first-order valence-electron chi connectivity index (χ1n) is 8.81. The smallest absolute Gasteiger partial charge is 0.252 e. The quantitative estimate of drug-likeness (QED) is 0.746. The van der Waals surface area contributed by atoms with Gasteiger partial charge in [0.2, 0.25) is 5.91 Å². The highest BCUT2D eigenvalue weighted by molar-refractivity contribution is 6.10. The lowest BCUT2D eigenvalue weighted by atomic mass is 10.00. The molecule has 6 heteroatoms. The third kappa shape index (κ3) is 3.10. The number of hydrogen-bond acceptors (Lipinski definition) is 4.